The van der Waals surface area contributed by atoms with Crippen molar-refractivity contribution in [1.29, 1.82) is 0 Å². The second kappa shape index (κ2) is 10.4. The van der Waals surface area contributed by atoms with Gasteiger partial charge >= 0.3 is 0 Å². The van der Waals surface area contributed by atoms with Crippen LogP contribution in [0.5, 0.6) is 0 Å². The molecule has 0 fully saturated rings. The van der Waals surface area contributed by atoms with Crippen molar-refractivity contribution in [3.05, 3.63) is 12.2 Å². The third kappa shape index (κ3) is 8.59. The van der Waals surface area contributed by atoms with Crippen molar-refractivity contribution < 1.29 is 13.5 Å². The molecule has 0 rings (SSSR count). The lowest BCUT2D eigenvalue weighted by molar-refractivity contribution is 0.0994. The smallest absolute Gasteiger partial charge is 0.151 e. The van der Waals surface area contributed by atoms with Crippen LogP contribution in [0.4, 0.5) is 8.78 Å². The molecular formula is C14H27F2NO. The van der Waals surface area contributed by atoms with E-state index in [-0.39, 0.29) is 12.5 Å². The number of halogens is 2. The van der Waals surface area contributed by atoms with Crippen LogP contribution < -0.4 is 5.73 Å². The Morgan fingerprint density at radius 2 is 1.89 bits per heavy atom. The van der Waals surface area contributed by atoms with Crippen LogP contribution >= 0.6 is 0 Å². The predicted molar refractivity (Wildman–Crippen MR) is 72.0 cm³/mol. The van der Waals surface area contributed by atoms with Gasteiger partial charge in [-0.05, 0) is 24.7 Å². The van der Waals surface area contributed by atoms with E-state index in [4.69, 9.17) is 10.5 Å². The second-order valence-corrected chi connectivity index (χ2v) is 4.97. The molecule has 4 heteroatoms. The fraction of sp³-hybridized carbons (Fsp3) is 0.857. The maximum atomic E-state index is 13.2. The minimum atomic E-state index is -1.60. The highest BCUT2D eigenvalue weighted by Crippen LogP contribution is 2.15. The molecule has 2 nitrogen and oxygen atoms in total. The number of alkyl halides is 2. The summed E-state index contributed by atoms with van der Waals surface area (Å²) in [5, 5.41) is 0. The first-order valence-electron chi connectivity index (χ1n) is 6.75. The standard InChI is InChI=1S/C14H27F2NO/c1-4-7-18-10-12(3)8-11(2)5-6-13(15)14(16)9-17/h5-6,11-14H,4,7-10,17H2,1-3H3/b6-5+/t11-,12-,13+,14-/m1/s1. The Morgan fingerprint density at radius 3 is 2.44 bits per heavy atom. The van der Waals surface area contributed by atoms with Crippen LogP contribution in [0, 0.1) is 11.8 Å². The lowest BCUT2D eigenvalue weighted by Crippen LogP contribution is -2.24. The summed E-state index contributed by atoms with van der Waals surface area (Å²) in [6.45, 7) is 7.39. The van der Waals surface area contributed by atoms with Gasteiger partial charge in [-0.15, -0.1) is 0 Å². The zero-order valence-corrected chi connectivity index (χ0v) is 11.7. The van der Waals surface area contributed by atoms with Gasteiger partial charge in [0.25, 0.3) is 0 Å². The van der Waals surface area contributed by atoms with Crippen molar-refractivity contribution >= 4 is 0 Å². The van der Waals surface area contributed by atoms with Gasteiger partial charge in [0, 0.05) is 19.8 Å². The summed E-state index contributed by atoms with van der Waals surface area (Å²) in [5.74, 6) is 0.637. The van der Waals surface area contributed by atoms with E-state index in [1.807, 2.05) is 6.92 Å². The largest absolute Gasteiger partial charge is 0.381 e. The molecule has 2 N–H and O–H groups in total. The van der Waals surface area contributed by atoms with Crippen molar-refractivity contribution in [2.45, 2.75) is 46.0 Å². The Kier molecular flexibility index (Phi) is 10.2. The summed E-state index contributed by atoms with van der Waals surface area (Å²) in [6, 6.07) is 0. The van der Waals surface area contributed by atoms with E-state index in [2.05, 4.69) is 13.8 Å². The average Bonchev–Trinajstić information content (AvgIpc) is 2.35. The minimum absolute atomic E-state index is 0.216. The molecule has 0 unspecified atom stereocenters. The summed E-state index contributed by atoms with van der Waals surface area (Å²) in [7, 11) is 0. The monoisotopic (exact) mass is 263 g/mol. The third-order valence-electron chi connectivity index (χ3n) is 2.72. The van der Waals surface area contributed by atoms with Gasteiger partial charge in [0.15, 0.2) is 6.17 Å². The van der Waals surface area contributed by atoms with Crippen LogP contribution in [-0.4, -0.2) is 32.1 Å². The van der Waals surface area contributed by atoms with Crippen molar-refractivity contribution in [3.63, 3.8) is 0 Å². The average molecular weight is 263 g/mol. The van der Waals surface area contributed by atoms with Gasteiger partial charge in [-0.1, -0.05) is 32.9 Å². The summed E-state index contributed by atoms with van der Waals surface area (Å²) in [4.78, 5) is 0. The van der Waals surface area contributed by atoms with Gasteiger partial charge in [-0.2, -0.15) is 0 Å². The Bertz CT molecular complexity index is 224. The fourth-order valence-corrected chi connectivity index (χ4v) is 1.76. The SMILES string of the molecule is CCCOC[C@H](C)C[C@H](C)/C=C/[C@H](F)[C@H](F)CN. The first kappa shape index (κ1) is 17.5. The van der Waals surface area contributed by atoms with E-state index in [0.29, 0.717) is 5.92 Å². The van der Waals surface area contributed by atoms with Gasteiger partial charge in [0.2, 0.25) is 0 Å². The molecule has 0 aliphatic rings. The molecule has 108 valence electrons. The quantitative estimate of drug-likeness (QED) is 0.485. The Balaban J connectivity index is 3.87. The maximum Gasteiger partial charge on any atom is 0.151 e. The second-order valence-electron chi connectivity index (χ2n) is 4.97. The molecule has 0 bridgehead atoms. The van der Waals surface area contributed by atoms with Crippen molar-refractivity contribution in [3.8, 4) is 0 Å². The first-order valence-corrected chi connectivity index (χ1v) is 6.75. The highest BCUT2D eigenvalue weighted by Gasteiger charge is 2.15. The van der Waals surface area contributed by atoms with Crippen LogP contribution in [0.1, 0.15) is 33.6 Å². The van der Waals surface area contributed by atoms with Crippen LogP contribution in [-0.2, 0) is 4.74 Å². The molecule has 0 aliphatic heterocycles. The van der Waals surface area contributed by atoms with Crippen molar-refractivity contribution in [2.75, 3.05) is 19.8 Å². The molecule has 0 aromatic heterocycles. The number of hydrogen-bond donors (Lipinski definition) is 1. The van der Waals surface area contributed by atoms with E-state index < -0.39 is 12.3 Å². The molecule has 0 aliphatic carbocycles. The van der Waals surface area contributed by atoms with Gasteiger partial charge in [-0.3, -0.25) is 0 Å². The summed E-state index contributed by atoms with van der Waals surface area (Å²) in [5.41, 5.74) is 5.06. The van der Waals surface area contributed by atoms with Gasteiger partial charge in [0.05, 0.1) is 0 Å². The van der Waals surface area contributed by atoms with Crippen LogP contribution in [0.25, 0.3) is 0 Å². The summed E-state index contributed by atoms with van der Waals surface area (Å²) in [6.07, 6.45) is 1.74. The number of hydrogen-bond acceptors (Lipinski definition) is 2. The Hall–Kier alpha value is -0.480. The molecule has 0 amide bonds. The van der Waals surface area contributed by atoms with E-state index in [1.54, 1.807) is 6.08 Å². The lowest BCUT2D eigenvalue weighted by Gasteiger charge is -2.15. The highest BCUT2D eigenvalue weighted by atomic mass is 19.2. The molecule has 0 aromatic rings. The molecule has 0 saturated heterocycles. The van der Waals surface area contributed by atoms with Gasteiger partial charge < -0.3 is 10.5 Å². The van der Waals surface area contributed by atoms with E-state index in [1.165, 1.54) is 6.08 Å². The first-order chi connectivity index (χ1) is 8.51. The maximum absolute atomic E-state index is 13.2. The number of allylic oxidation sites excluding steroid dienone is 2. The highest BCUT2D eigenvalue weighted by molar-refractivity contribution is 4.95. The number of ether oxygens (including phenoxy) is 1. The normalized spacial score (nSPS) is 18.8. The Labute approximate surface area is 110 Å². The van der Waals surface area contributed by atoms with Gasteiger partial charge in [-0.25, -0.2) is 8.78 Å². The molecule has 18 heavy (non-hydrogen) atoms. The van der Waals surface area contributed by atoms with Crippen LogP contribution in [0.3, 0.4) is 0 Å². The Morgan fingerprint density at radius 1 is 1.22 bits per heavy atom. The number of nitrogens with two attached hydrogens (primary N) is 1. The predicted octanol–water partition coefficient (Wildman–Crippen LogP) is 3.27. The molecule has 4 atom stereocenters. The zero-order valence-electron chi connectivity index (χ0n) is 11.7. The molecule has 0 aromatic carbocycles. The molecule has 0 heterocycles. The molecular weight excluding hydrogens is 236 g/mol. The molecule has 0 spiro atoms. The van der Waals surface area contributed by atoms with Crippen LogP contribution in [0.2, 0.25) is 0 Å². The van der Waals surface area contributed by atoms with E-state index in [0.717, 1.165) is 26.1 Å². The summed E-state index contributed by atoms with van der Waals surface area (Å²) >= 11 is 0. The van der Waals surface area contributed by atoms with E-state index in [9.17, 15) is 8.78 Å². The topological polar surface area (TPSA) is 35.2 Å². The zero-order chi connectivity index (χ0) is 14.0. The number of rotatable bonds is 10. The molecule has 0 saturated carbocycles. The van der Waals surface area contributed by atoms with Crippen molar-refractivity contribution in [2.24, 2.45) is 17.6 Å². The molecule has 0 radical (unpaired) electrons. The van der Waals surface area contributed by atoms with Crippen molar-refractivity contribution in [1.82, 2.24) is 0 Å². The van der Waals surface area contributed by atoms with Crippen LogP contribution in [0.15, 0.2) is 12.2 Å². The third-order valence-corrected chi connectivity index (χ3v) is 2.72. The lowest BCUT2D eigenvalue weighted by atomic mass is 9.97. The van der Waals surface area contributed by atoms with Gasteiger partial charge in [0.1, 0.15) is 6.17 Å². The minimum Gasteiger partial charge on any atom is -0.381 e. The summed E-state index contributed by atoms with van der Waals surface area (Å²) < 4.78 is 31.5. The fourth-order valence-electron chi connectivity index (χ4n) is 1.76. The van der Waals surface area contributed by atoms with E-state index >= 15 is 0 Å².